The Bertz CT molecular complexity index is 801. The molecule has 0 aliphatic carbocycles. The van der Waals surface area contributed by atoms with Gasteiger partial charge < -0.3 is 10.2 Å². The summed E-state index contributed by atoms with van der Waals surface area (Å²) in [6.45, 7) is 0.273. The van der Waals surface area contributed by atoms with E-state index in [0.717, 1.165) is 10.8 Å². The summed E-state index contributed by atoms with van der Waals surface area (Å²) in [4.78, 5) is 10.5. The molecule has 0 saturated heterocycles. The highest BCUT2D eigenvalue weighted by Crippen LogP contribution is 2.22. The first-order valence-electron chi connectivity index (χ1n) is 7.33. The number of unbranched alkanes of at least 4 members (excludes halogenated alkanes) is 2. The van der Waals surface area contributed by atoms with Crippen LogP contribution in [0.1, 0.15) is 25.7 Å². The maximum Gasteiger partial charge on any atom is 0.303 e. The lowest BCUT2D eigenvalue weighted by Crippen LogP contribution is -2.24. The molecule has 0 heterocycles. The maximum absolute atomic E-state index is 12.2. The molecule has 0 amide bonds. The molecular weight excluding hydrogens is 318 g/mol. The Labute approximate surface area is 134 Å². The van der Waals surface area contributed by atoms with E-state index in [9.17, 15) is 18.3 Å². The van der Waals surface area contributed by atoms with E-state index in [0.29, 0.717) is 19.3 Å². The van der Waals surface area contributed by atoms with Crippen molar-refractivity contribution < 1.29 is 23.4 Å². The number of nitrogens with one attached hydrogen (secondary N) is 1. The molecule has 2 aromatic carbocycles. The summed E-state index contributed by atoms with van der Waals surface area (Å²) < 4.78 is 27.0. The van der Waals surface area contributed by atoms with Crippen LogP contribution in [0.25, 0.3) is 10.8 Å². The average molecular weight is 337 g/mol. The molecule has 0 radical (unpaired) electrons. The van der Waals surface area contributed by atoms with Gasteiger partial charge >= 0.3 is 5.97 Å². The fourth-order valence-electron chi connectivity index (χ4n) is 2.25. The SMILES string of the molecule is O=C(O)CCCCCNS(=O)(=O)c1ccc2cc(O)ccc2c1. The van der Waals surface area contributed by atoms with Gasteiger partial charge in [-0.3, -0.25) is 4.79 Å². The van der Waals surface area contributed by atoms with Crippen LogP contribution in [0.2, 0.25) is 0 Å². The van der Waals surface area contributed by atoms with Gasteiger partial charge in [-0.05, 0) is 47.9 Å². The molecule has 2 aromatic rings. The van der Waals surface area contributed by atoms with Crippen molar-refractivity contribution in [2.75, 3.05) is 6.54 Å². The molecule has 2 rings (SSSR count). The van der Waals surface area contributed by atoms with Crippen molar-refractivity contribution in [2.45, 2.75) is 30.6 Å². The van der Waals surface area contributed by atoms with Crippen molar-refractivity contribution in [1.29, 1.82) is 0 Å². The summed E-state index contributed by atoms with van der Waals surface area (Å²) >= 11 is 0. The molecule has 3 N–H and O–H groups in total. The second-order valence-corrected chi connectivity index (χ2v) is 7.06. The van der Waals surface area contributed by atoms with Crippen LogP contribution in [0.15, 0.2) is 41.3 Å². The molecule has 0 spiro atoms. The van der Waals surface area contributed by atoms with E-state index < -0.39 is 16.0 Å². The zero-order valence-electron chi connectivity index (χ0n) is 12.5. The Kier molecular flexibility index (Phi) is 5.57. The van der Waals surface area contributed by atoms with Gasteiger partial charge in [0.2, 0.25) is 10.0 Å². The molecule has 0 bridgehead atoms. The standard InChI is InChI=1S/C16H19NO5S/c18-14-7-5-13-11-15(8-6-12(13)10-14)23(21,22)17-9-3-1-2-4-16(19)20/h5-8,10-11,17-18H,1-4,9H2,(H,19,20). The van der Waals surface area contributed by atoms with E-state index in [1.165, 1.54) is 12.1 Å². The topological polar surface area (TPSA) is 104 Å². The van der Waals surface area contributed by atoms with E-state index in [1.54, 1.807) is 24.3 Å². The minimum Gasteiger partial charge on any atom is -0.508 e. The van der Waals surface area contributed by atoms with Crippen molar-refractivity contribution in [3.05, 3.63) is 36.4 Å². The summed E-state index contributed by atoms with van der Waals surface area (Å²) in [7, 11) is -3.59. The highest BCUT2D eigenvalue weighted by atomic mass is 32.2. The van der Waals surface area contributed by atoms with Gasteiger partial charge in [-0.25, -0.2) is 13.1 Å². The van der Waals surface area contributed by atoms with Crippen molar-refractivity contribution in [3.63, 3.8) is 0 Å². The number of aliphatic carboxylic acids is 1. The first kappa shape index (κ1) is 17.2. The quantitative estimate of drug-likeness (QED) is 0.642. The van der Waals surface area contributed by atoms with E-state index in [1.807, 2.05) is 0 Å². The number of aromatic hydroxyl groups is 1. The fraction of sp³-hybridized carbons (Fsp3) is 0.312. The van der Waals surface area contributed by atoms with Crippen LogP contribution in [0.3, 0.4) is 0 Å². The molecule has 6 nitrogen and oxygen atoms in total. The van der Waals surface area contributed by atoms with Crippen LogP contribution >= 0.6 is 0 Å². The fourth-order valence-corrected chi connectivity index (χ4v) is 3.36. The molecule has 0 atom stereocenters. The Morgan fingerprint density at radius 2 is 1.70 bits per heavy atom. The lowest BCUT2D eigenvalue weighted by Gasteiger charge is -2.08. The van der Waals surface area contributed by atoms with Gasteiger partial charge in [0.15, 0.2) is 0 Å². The second kappa shape index (κ2) is 7.43. The third-order valence-electron chi connectivity index (χ3n) is 3.47. The van der Waals surface area contributed by atoms with Gasteiger partial charge in [0.25, 0.3) is 0 Å². The summed E-state index contributed by atoms with van der Waals surface area (Å²) in [6, 6.07) is 9.44. The zero-order chi connectivity index (χ0) is 16.9. The van der Waals surface area contributed by atoms with Crippen LogP contribution in [0.5, 0.6) is 5.75 Å². The van der Waals surface area contributed by atoms with E-state index in [4.69, 9.17) is 5.11 Å². The van der Waals surface area contributed by atoms with Gasteiger partial charge in [-0.15, -0.1) is 0 Å². The van der Waals surface area contributed by atoms with Crippen molar-refractivity contribution >= 4 is 26.8 Å². The van der Waals surface area contributed by atoms with Crippen molar-refractivity contribution in [2.24, 2.45) is 0 Å². The normalized spacial score (nSPS) is 11.7. The minimum absolute atomic E-state index is 0.101. The number of carbonyl (C=O) groups is 1. The number of fused-ring (bicyclic) bond motifs is 1. The number of phenolic OH excluding ortho intramolecular Hbond substituents is 1. The number of hydrogen-bond donors (Lipinski definition) is 3. The van der Waals surface area contributed by atoms with E-state index in [-0.39, 0.29) is 23.6 Å². The van der Waals surface area contributed by atoms with Crippen LogP contribution in [0, 0.1) is 0 Å². The number of benzene rings is 2. The lowest BCUT2D eigenvalue weighted by molar-refractivity contribution is -0.137. The third-order valence-corrected chi connectivity index (χ3v) is 4.92. The Morgan fingerprint density at radius 1 is 1.00 bits per heavy atom. The van der Waals surface area contributed by atoms with E-state index in [2.05, 4.69) is 4.72 Å². The highest BCUT2D eigenvalue weighted by molar-refractivity contribution is 7.89. The molecule has 0 aromatic heterocycles. The first-order chi connectivity index (χ1) is 10.9. The minimum atomic E-state index is -3.59. The summed E-state index contributed by atoms with van der Waals surface area (Å²) in [5.74, 6) is -0.708. The summed E-state index contributed by atoms with van der Waals surface area (Å²) in [5.41, 5.74) is 0. The van der Waals surface area contributed by atoms with Crippen LogP contribution in [0.4, 0.5) is 0 Å². The van der Waals surface area contributed by atoms with Gasteiger partial charge in [-0.2, -0.15) is 0 Å². The smallest absolute Gasteiger partial charge is 0.303 e. The van der Waals surface area contributed by atoms with Crippen LogP contribution in [-0.4, -0.2) is 31.1 Å². The molecule has 0 saturated carbocycles. The van der Waals surface area contributed by atoms with Gasteiger partial charge in [0.05, 0.1) is 4.90 Å². The molecule has 23 heavy (non-hydrogen) atoms. The maximum atomic E-state index is 12.2. The monoisotopic (exact) mass is 337 g/mol. The lowest BCUT2D eigenvalue weighted by atomic mass is 10.1. The molecule has 0 unspecified atom stereocenters. The van der Waals surface area contributed by atoms with Crippen molar-refractivity contribution in [3.8, 4) is 5.75 Å². The van der Waals surface area contributed by atoms with Crippen LogP contribution in [-0.2, 0) is 14.8 Å². The predicted octanol–water partition coefficient (Wildman–Crippen LogP) is 2.47. The Hall–Kier alpha value is -2.12. The summed E-state index contributed by atoms with van der Waals surface area (Å²) in [6.07, 6.45) is 1.89. The molecule has 0 aliphatic rings. The first-order valence-corrected chi connectivity index (χ1v) is 8.81. The van der Waals surface area contributed by atoms with Gasteiger partial charge in [-0.1, -0.05) is 18.6 Å². The predicted molar refractivity (Wildman–Crippen MR) is 86.9 cm³/mol. The number of carboxylic acids is 1. The third kappa shape index (κ3) is 4.94. The van der Waals surface area contributed by atoms with E-state index >= 15 is 0 Å². The van der Waals surface area contributed by atoms with Crippen LogP contribution < -0.4 is 4.72 Å². The number of hydrogen-bond acceptors (Lipinski definition) is 4. The summed E-state index contributed by atoms with van der Waals surface area (Å²) in [5, 5.41) is 19.4. The van der Waals surface area contributed by atoms with Crippen molar-refractivity contribution in [1.82, 2.24) is 4.72 Å². The van der Waals surface area contributed by atoms with Gasteiger partial charge in [0, 0.05) is 13.0 Å². The average Bonchev–Trinajstić information content (AvgIpc) is 2.49. The molecule has 0 fully saturated rings. The second-order valence-electron chi connectivity index (χ2n) is 5.30. The molecular formula is C16H19NO5S. The molecule has 7 heteroatoms. The number of rotatable bonds is 8. The molecule has 124 valence electrons. The highest BCUT2D eigenvalue weighted by Gasteiger charge is 2.13. The zero-order valence-corrected chi connectivity index (χ0v) is 13.3. The largest absolute Gasteiger partial charge is 0.508 e. The number of phenols is 1. The number of carboxylic acid groups (broad SMARTS) is 1. The van der Waals surface area contributed by atoms with Gasteiger partial charge in [0.1, 0.15) is 5.75 Å². The molecule has 0 aliphatic heterocycles. The Balaban J connectivity index is 1.96. The Morgan fingerprint density at radius 3 is 2.43 bits per heavy atom. The number of sulfonamides is 1.